The lowest BCUT2D eigenvalue weighted by Crippen LogP contribution is -2.41. The van der Waals surface area contributed by atoms with Crippen LogP contribution in [-0.2, 0) is 9.53 Å². The van der Waals surface area contributed by atoms with E-state index in [1.54, 1.807) is 19.1 Å². The molecule has 0 fully saturated rings. The van der Waals surface area contributed by atoms with Crippen LogP contribution in [0, 0.1) is 0 Å². The Labute approximate surface area is 101 Å². The third-order valence-electron chi connectivity index (χ3n) is 2.73. The summed E-state index contributed by atoms with van der Waals surface area (Å²) < 4.78 is 5.21. The summed E-state index contributed by atoms with van der Waals surface area (Å²) in [6.07, 6.45) is 0.597. The Morgan fingerprint density at radius 1 is 1.50 bits per heavy atom. The molecule has 1 amide bonds. The first kappa shape index (κ1) is 13.0. The van der Waals surface area contributed by atoms with Gasteiger partial charge in [0, 0.05) is 7.11 Å². The van der Waals surface area contributed by atoms with Crippen molar-refractivity contribution in [3.05, 3.63) is 29.3 Å². The number of anilines is 1. The molecule has 0 bridgehead atoms. The standard InChI is InChI=1S/C12H16ClNO2/c1-4-12(2,16-3)11(15)14-10-8-6-5-7-9(10)13/h5-8H,4H2,1-3H3,(H,14,15). The van der Waals surface area contributed by atoms with Crippen LogP contribution in [0.4, 0.5) is 5.69 Å². The van der Waals surface area contributed by atoms with Gasteiger partial charge in [-0.15, -0.1) is 0 Å². The van der Waals surface area contributed by atoms with Gasteiger partial charge in [-0.05, 0) is 25.5 Å². The third kappa shape index (κ3) is 2.74. The second-order valence-electron chi connectivity index (χ2n) is 3.72. The molecule has 3 nitrogen and oxygen atoms in total. The van der Waals surface area contributed by atoms with Crippen LogP contribution in [0.15, 0.2) is 24.3 Å². The number of methoxy groups -OCH3 is 1. The molecular formula is C12H16ClNO2. The fraction of sp³-hybridized carbons (Fsp3) is 0.417. The highest BCUT2D eigenvalue weighted by molar-refractivity contribution is 6.33. The number of carbonyl (C=O) groups is 1. The van der Waals surface area contributed by atoms with Crippen LogP contribution < -0.4 is 5.32 Å². The molecule has 1 N–H and O–H groups in total. The van der Waals surface area contributed by atoms with Gasteiger partial charge in [0.05, 0.1) is 10.7 Å². The van der Waals surface area contributed by atoms with Crippen molar-refractivity contribution in [3.63, 3.8) is 0 Å². The van der Waals surface area contributed by atoms with E-state index in [-0.39, 0.29) is 5.91 Å². The molecule has 1 unspecified atom stereocenters. The summed E-state index contributed by atoms with van der Waals surface area (Å²) in [6.45, 7) is 3.65. The molecule has 1 rings (SSSR count). The molecule has 0 aliphatic rings. The van der Waals surface area contributed by atoms with Crippen LogP contribution >= 0.6 is 11.6 Å². The minimum absolute atomic E-state index is 0.189. The van der Waals surface area contributed by atoms with Crippen LogP contribution in [0.5, 0.6) is 0 Å². The van der Waals surface area contributed by atoms with Crippen LogP contribution in [0.2, 0.25) is 5.02 Å². The first-order valence-corrected chi connectivity index (χ1v) is 5.52. The van der Waals surface area contributed by atoms with Gasteiger partial charge in [0.25, 0.3) is 5.91 Å². The molecule has 4 heteroatoms. The van der Waals surface area contributed by atoms with Crippen molar-refractivity contribution in [2.24, 2.45) is 0 Å². The molecule has 0 spiro atoms. The minimum Gasteiger partial charge on any atom is -0.369 e. The maximum Gasteiger partial charge on any atom is 0.256 e. The molecule has 1 aromatic rings. The van der Waals surface area contributed by atoms with Crippen molar-refractivity contribution in [1.82, 2.24) is 0 Å². The smallest absolute Gasteiger partial charge is 0.256 e. The molecule has 0 radical (unpaired) electrons. The maximum atomic E-state index is 12.0. The van der Waals surface area contributed by atoms with E-state index in [0.29, 0.717) is 17.1 Å². The summed E-state index contributed by atoms with van der Waals surface area (Å²) in [7, 11) is 1.52. The highest BCUT2D eigenvalue weighted by atomic mass is 35.5. The van der Waals surface area contributed by atoms with Gasteiger partial charge in [0.1, 0.15) is 5.60 Å². The predicted molar refractivity (Wildman–Crippen MR) is 65.8 cm³/mol. The number of amides is 1. The van der Waals surface area contributed by atoms with E-state index in [1.807, 2.05) is 19.1 Å². The topological polar surface area (TPSA) is 38.3 Å². The predicted octanol–water partition coefficient (Wildman–Crippen LogP) is 3.09. The van der Waals surface area contributed by atoms with E-state index in [1.165, 1.54) is 7.11 Å². The van der Waals surface area contributed by atoms with Crippen molar-refractivity contribution in [3.8, 4) is 0 Å². The first-order valence-electron chi connectivity index (χ1n) is 5.14. The molecule has 1 aromatic carbocycles. The van der Waals surface area contributed by atoms with E-state index >= 15 is 0 Å². The zero-order valence-electron chi connectivity index (χ0n) is 9.71. The van der Waals surface area contributed by atoms with Gasteiger partial charge in [-0.3, -0.25) is 4.79 Å². The Kier molecular flexibility index (Phi) is 4.33. The summed E-state index contributed by atoms with van der Waals surface area (Å²) in [4.78, 5) is 12.0. The van der Waals surface area contributed by atoms with E-state index in [0.717, 1.165) is 0 Å². The highest BCUT2D eigenvalue weighted by Gasteiger charge is 2.31. The number of para-hydroxylation sites is 1. The van der Waals surface area contributed by atoms with Crippen molar-refractivity contribution in [2.75, 3.05) is 12.4 Å². The number of hydrogen-bond acceptors (Lipinski definition) is 2. The molecule has 0 aromatic heterocycles. The highest BCUT2D eigenvalue weighted by Crippen LogP contribution is 2.23. The summed E-state index contributed by atoms with van der Waals surface area (Å²) in [6, 6.07) is 7.12. The zero-order valence-corrected chi connectivity index (χ0v) is 10.5. The molecule has 0 heterocycles. The lowest BCUT2D eigenvalue weighted by atomic mass is 10.0. The molecule has 16 heavy (non-hydrogen) atoms. The molecule has 1 atom stereocenters. The van der Waals surface area contributed by atoms with Crippen LogP contribution in [0.25, 0.3) is 0 Å². The van der Waals surface area contributed by atoms with Gasteiger partial charge in [-0.1, -0.05) is 30.7 Å². The Morgan fingerprint density at radius 3 is 2.62 bits per heavy atom. The fourth-order valence-electron chi connectivity index (χ4n) is 1.21. The van der Waals surface area contributed by atoms with E-state index in [9.17, 15) is 4.79 Å². The Balaban J connectivity index is 2.83. The van der Waals surface area contributed by atoms with Crippen LogP contribution in [0.1, 0.15) is 20.3 Å². The second kappa shape index (κ2) is 5.32. The molecule has 0 aliphatic heterocycles. The van der Waals surface area contributed by atoms with Gasteiger partial charge in [-0.2, -0.15) is 0 Å². The lowest BCUT2D eigenvalue weighted by Gasteiger charge is -2.25. The average Bonchev–Trinajstić information content (AvgIpc) is 2.31. The third-order valence-corrected chi connectivity index (χ3v) is 3.06. The quantitative estimate of drug-likeness (QED) is 0.880. The molecule has 0 saturated heterocycles. The fourth-order valence-corrected chi connectivity index (χ4v) is 1.40. The summed E-state index contributed by atoms with van der Waals surface area (Å²) in [5.41, 5.74) is -0.218. The number of hydrogen-bond donors (Lipinski definition) is 1. The molecular weight excluding hydrogens is 226 g/mol. The van der Waals surface area contributed by atoms with Crippen molar-refractivity contribution >= 4 is 23.2 Å². The summed E-state index contributed by atoms with van der Waals surface area (Å²) in [5, 5.41) is 3.28. The monoisotopic (exact) mass is 241 g/mol. The van der Waals surface area contributed by atoms with Crippen LogP contribution in [-0.4, -0.2) is 18.6 Å². The average molecular weight is 242 g/mol. The first-order chi connectivity index (χ1) is 7.53. The van der Waals surface area contributed by atoms with E-state index in [4.69, 9.17) is 16.3 Å². The summed E-state index contributed by atoms with van der Waals surface area (Å²) in [5.74, 6) is -0.189. The van der Waals surface area contributed by atoms with Gasteiger partial charge in [-0.25, -0.2) is 0 Å². The number of benzene rings is 1. The zero-order chi connectivity index (χ0) is 12.2. The Bertz CT molecular complexity index is 375. The lowest BCUT2D eigenvalue weighted by molar-refractivity contribution is -0.136. The van der Waals surface area contributed by atoms with Gasteiger partial charge < -0.3 is 10.1 Å². The number of ether oxygens (including phenoxy) is 1. The summed E-state index contributed by atoms with van der Waals surface area (Å²) >= 11 is 5.95. The maximum absolute atomic E-state index is 12.0. The van der Waals surface area contributed by atoms with Crippen LogP contribution in [0.3, 0.4) is 0 Å². The van der Waals surface area contributed by atoms with Gasteiger partial charge in [0.2, 0.25) is 0 Å². The van der Waals surface area contributed by atoms with E-state index in [2.05, 4.69) is 5.32 Å². The Morgan fingerprint density at radius 2 is 2.12 bits per heavy atom. The van der Waals surface area contributed by atoms with Crippen molar-refractivity contribution < 1.29 is 9.53 Å². The van der Waals surface area contributed by atoms with Gasteiger partial charge in [0.15, 0.2) is 0 Å². The van der Waals surface area contributed by atoms with Crippen molar-refractivity contribution in [2.45, 2.75) is 25.9 Å². The van der Waals surface area contributed by atoms with E-state index < -0.39 is 5.60 Å². The van der Waals surface area contributed by atoms with Crippen molar-refractivity contribution in [1.29, 1.82) is 0 Å². The molecule has 0 aliphatic carbocycles. The normalized spacial score (nSPS) is 14.2. The molecule has 88 valence electrons. The number of carbonyl (C=O) groups excluding carboxylic acids is 1. The largest absolute Gasteiger partial charge is 0.369 e. The Hall–Kier alpha value is -1.06. The SMILES string of the molecule is CCC(C)(OC)C(=O)Nc1ccccc1Cl. The minimum atomic E-state index is -0.820. The second-order valence-corrected chi connectivity index (χ2v) is 4.13. The number of nitrogens with one attached hydrogen (secondary N) is 1. The number of rotatable bonds is 4. The van der Waals surface area contributed by atoms with Gasteiger partial charge >= 0.3 is 0 Å². The number of halogens is 1. The molecule has 0 saturated carbocycles.